The second kappa shape index (κ2) is 3.59. The van der Waals surface area contributed by atoms with Gasteiger partial charge in [0.05, 0.1) is 13.7 Å². The fraction of sp³-hybridized carbons (Fsp3) is 0.667. The molecular formula is C9H12O3. The second-order valence-electron chi connectivity index (χ2n) is 2.79. The molecule has 0 heterocycles. The van der Waals surface area contributed by atoms with Crippen LogP contribution in [0, 0.1) is 12.3 Å². The van der Waals surface area contributed by atoms with E-state index in [1.165, 1.54) is 7.11 Å². The van der Waals surface area contributed by atoms with Crippen LogP contribution in [0.5, 0.6) is 0 Å². The first-order chi connectivity index (χ1) is 5.75. The molecule has 0 bridgehead atoms. The minimum atomic E-state index is -0.647. The van der Waals surface area contributed by atoms with Crippen LogP contribution in [0.3, 0.4) is 0 Å². The molecule has 0 aliphatic heterocycles. The Balaban J connectivity index is 2.31. The van der Waals surface area contributed by atoms with Gasteiger partial charge in [0, 0.05) is 6.42 Å². The summed E-state index contributed by atoms with van der Waals surface area (Å²) in [7, 11) is 1.37. The zero-order chi connectivity index (χ0) is 9.03. The van der Waals surface area contributed by atoms with E-state index in [4.69, 9.17) is 11.2 Å². The number of ether oxygens (including phenoxy) is 2. The molecule has 0 spiro atoms. The lowest BCUT2D eigenvalue weighted by atomic mass is 10.3. The van der Waals surface area contributed by atoms with Gasteiger partial charge in [0.2, 0.25) is 0 Å². The predicted molar refractivity (Wildman–Crippen MR) is 43.4 cm³/mol. The maximum Gasteiger partial charge on any atom is 0.338 e. The first-order valence-electron chi connectivity index (χ1n) is 3.91. The Labute approximate surface area is 72.0 Å². The summed E-state index contributed by atoms with van der Waals surface area (Å²) in [6, 6.07) is 0. The molecule has 0 radical (unpaired) electrons. The van der Waals surface area contributed by atoms with Crippen LogP contribution in [0.25, 0.3) is 0 Å². The van der Waals surface area contributed by atoms with Gasteiger partial charge in [-0.3, -0.25) is 0 Å². The summed E-state index contributed by atoms with van der Waals surface area (Å²) in [6.07, 6.45) is 7.09. The van der Waals surface area contributed by atoms with Crippen molar-refractivity contribution in [2.45, 2.75) is 24.9 Å². The van der Waals surface area contributed by atoms with Gasteiger partial charge in [-0.2, -0.15) is 0 Å². The Morgan fingerprint density at radius 3 is 2.75 bits per heavy atom. The number of hydrogen-bond donors (Lipinski definition) is 0. The van der Waals surface area contributed by atoms with Crippen LogP contribution in [0.2, 0.25) is 0 Å². The van der Waals surface area contributed by atoms with Gasteiger partial charge in [0.1, 0.15) is 0 Å². The molecule has 3 nitrogen and oxygen atoms in total. The zero-order valence-electron chi connectivity index (χ0n) is 7.13. The van der Waals surface area contributed by atoms with Gasteiger partial charge < -0.3 is 9.47 Å². The molecule has 1 rings (SSSR count). The van der Waals surface area contributed by atoms with Gasteiger partial charge in [-0.15, -0.1) is 12.3 Å². The summed E-state index contributed by atoms with van der Waals surface area (Å²) in [4.78, 5) is 11.1. The fourth-order valence-electron chi connectivity index (χ4n) is 1.01. The lowest BCUT2D eigenvalue weighted by molar-refractivity contribution is -0.157. The Morgan fingerprint density at radius 2 is 2.33 bits per heavy atom. The third-order valence-electron chi connectivity index (χ3n) is 1.89. The van der Waals surface area contributed by atoms with E-state index in [1.807, 2.05) is 0 Å². The normalized spacial score (nSPS) is 18.0. The lowest BCUT2D eigenvalue weighted by Gasteiger charge is -2.12. The van der Waals surface area contributed by atoms with Crippen LogP contribution >= 0.6 is 0 Å². The smallest absolute Gasteiger partial charge is 0.338 e. The molecule has 0 aromatic rings. The molecule has 1 aliphatic carbocycles. The van der Waals surface area contributed by atoms with E-state index in [2.05, 4.69) is 10.7 Å². The average Bonchev–Trinajstić information content (AvgIpc) is 2.85. The quantitative estimate of drug-likeness (QED) is 0.352. The molecular weight excluding hydrogens is 156 g/mol. The van der Waals surface area contributed by atoms with Crippen LogP contribution < -0.4 is 0 Å². The largest absolute Gasteiger partial charge is 0.467 e. The first kappa shape index (κ1) is 9.08. The number of carbonyl (C=O) groups is 1. The number of hydrogen-bond acceptors (Lipinski definition) is 3. The van der Waals surface area contributed by atoms with E-state index in [0.717, 1.165) is 12.8 Å². The van der Waals surface area contributed by atoms with Crippen LogP contribution in [0.15, 0.2) is 0 Å². The maximum atomic E-state index is 11.1. The molecule has 0 atom stereocenters. The van der Waals surface area contributed by atoms with Crippen molar-refractivity contribution < 1.29 is 14.3 Å². The highest BCUT2D eigenvalue weighted by atomic mass is 16.6. The topological polar surface area (TPSA) is 35.5 Å². The number of methoxy groups -OCH3 is 1. The molecule has 0 unspecified atom stereocenters. The highest BCUT2D eigenvalue weighted by Gasteiger charge is 2.52. The van der Waals surface area contributed by atoms with Crippen molar-refractivity contribution in [3.63, 3.8) is 0 Å². The zero-order valence-corrected chi connectivity index (χ0v) is 7.13. The van der Waals surface area contributed by atoms with Crippen molar-refractivity contribution >= 4 is 5.97 Å². The summed E-state index contributed by atoms with van der Waals surface area (Å²) in [5.41, 5.74) is -0.647. The summed E-state index contributed by atoms with van der Waals surface area (Å²) in [5, 5.41) is 0. The average molecular weight is 168 g/mol. The van der Waals surface area contributed by atoms with E-state index in [9.17, 15) is 4.79 Å². The molecule has 1 fully saturated rings. The molecule has 1 saturated carbocycles. The predicted octanol–water partition coefficient (Wildman–Crippen LogP) is 0.732. The van der Waals surface area contributed by atoms with E-state index < -0.39 is 5.60 Å². The van der Waals surface area contributed by atoms with Crippen molar-refractivity contribution in [2.75, 3.05) is 13.7 Å². The Morgan fingerprint density at radius 1 is 1.67 bits per heavy atom. The van der Waals surface area contributed by atoms with Crippen molar-refractivity contribution in [1.82, 2.24) is 0 Å². The third kappa shape index (κ3) is 1.77. The molecule has 0 amide bonds. The maximum absolute atomic E-state index is 11.1. The van der Waals surface area contributed by atoms with Crippen molar-refractivity contribution in [1.29, 1.82) is 0 Å². The third-order valence-corrected chi connectivity index (χ3v) is 1.89. The lowest BCUT2D eigenvalue weighted by Crippen LogP contribution is -2.27. The SMILES string of the molecule is C#CCCOC1(C(=O)OC)CC1. The number of rotatable bonds is 4. The van der Waals surface area contributed by atoms with E-state index in [1.54, 1.807) is 0 Å². The fourth-order valence-corrected chi connectivity index (χ4v) is 1.01. The molecule has 3 heteroatoms. The van der Waals surface area contributed by atoms with E-state index in [-0.39, 0.29) is 5.97 Å². The molecule has 12 heavy (non-hydrogen) atoms. The van der Waals surface area contributed by atoms with Crippen LogP contribution in [0.1, 0.15) is 19.3 Å². The molecule has 0 N–H and O–H groups in total. The standard InChI is InChI=1S/C9H12O3/c1-3-4-7-12-9(5-6-9)8(10)11-2/h1H,4-7H2,2H3. The summed E-state index contributed by atoms with van der Waals surface area (Å²) in [6.45, 7) is 0.436. The summed E-state index contributed by atoms with van der Waals surface area (Å²) >= 11 is 0. The van der Waals surface area contributed by atoms with Crippen LogP contribution in [0.4, 0.5) is 0 Å². The number of esters is 1. The second-order valence-corrected chi connectivity index (χ2v) is 2.79. The van der Waals surface area contributed by atoms with Crippen LogP contribution in [-0.4, -0.2) is 25.3 Å². The van der Waals surface area contributed by atoms with E-state index in [0.29, 0.717) is 13.0 Å². The first-order valence-corrected chi connectivity index (χ1v) is 3.91. The monoisotopic (exact) mass is 168 g/mol. The molecule has 1 aliphatic rings. The van der Waals surface area contributed by atoms with Crippen molar-refractivity contribution in [3.05, 3.63) is 0 Å². The minimum Gasteiger partial charge on any atom is -0.467 e. The van der Waals surface area contributed by atoms with Crippen LogP contribution in [-0.2, 0) is 14.3 Å². The summed E-state index contributed by atoms with van der Waals surface area (Å²) < 4.78 is 9.91. The Hall–Kier alpha value is -1.01. The number of carbonyl (C=O) groups excluding carboxylic acids is 1. The van der Waals surface area contributed by atoms with Crippen molar-refractivity contribution in [3.8, 4) is 12.3 Å². The van der Waals surface area contributed by atoms with Gasteiger partial charge in [-0.25, -0.2) is 4.79 Å². The molecule has 0 saturated heterocycles. The summed E-state index contributed by atoms with van der Waals surface area (Å²) in [5.74, 6) is 2.17. The Kier molecular flexibility index (Phi) is 2.72. The van der Waals surface area contributed by atoms with Gasteiger partial charge >= 0.3 is 5.97 Å². The highest BCUT2D eigenvalue weighted by molar-refractivity contribution is 5.82. The Bertz CT molecular complexity index is 210. The molecule has 66 valence electrons. The highest BCUT2D eigenvalue weighted by Crippen LogP contribution is 2.40. The molecule has 0 aromatic heterocycles. The van der Waals surface area contributed by atoms with E-state index >= 15 is 0 Å². The van der Waals surface area contributed by atoms with Gasteiger partial charge in [0.25, 0.3) is 0 Å². The molecule has 0 aromatic carbocycles. The number of terminal acetylenes is 1. The minimum absolute atomic E-state index is 0.278. The van der Waals surface area contributed by atoms with Gasteiger partial charge in [-0.1, -0.05) is 0 Å². The van der Waals surface area contributed by atoms with Gasteiger partial charge in [-0.05, 0) is 12.8 Å². The van der Waals surface area contributed by atoms with Gasteiger partial charge in [0.15, 0.2) is 5.60 Å². The van der Waals surface area contributed by atoms with Crippen molar-refractivity contribution in [2.24, 2.45) is 0 Å².